The zero-order chi connectivity index (χ0) is 22.9. The normalized spacial score (nSPS) is 15.2. The maximum absolute atomic E-state index is 13.4. The monoisotopic (exact) mass is 473 g/mol. The Morgan fingerprint density at radius 3 is 2.53 bits per heavy atom. The highest BCUT2D eigenvalue weighted by molar-refractivity contribution is 7.89. The van der Waals surface area contributed by atoms with Crippen LogP contribution in [0.5, 0.6) is 0 Å². The number of thiazole rings is 1. The van der Waals surface area contributed by atoms with E-state index in [1.165, 1.54) is 27.8 Å². The molecule has 0 atom stereocenters. The number of rotatable bonds is 5. The van der Waals surface area contributed by atoms with Gasteiger partial charge < -0.3 is 4.90 Å². The van der Waals surface area contributed by atoms with Gasteiger partial charge in [0.05, 0.1) is 17.0 Å². The Kier molecular flexibility index (Phi) is 6.41. The van der Waals surface area contributed by atoms with Gasteiger partial charge in [0.15, 0.2) is 0 Å². The van der Waals surface area contributed by atoms with E-state index in [1.807, 2.05) is 13.0 Å². The molecule has 9 heteroatoms. The Bertz CT molecular complexity index is 1250. The molecule has 6 nitrogen and oxygen atoms in total. The molecule has 3 aromatic rings. The topological polar surface area (TPSA) is 70.6 Å². The number of hydrogen-bond acceptors (Lipinski definition) is 5. The van der Waals surface area contributed by atoms with Gasteiger partial charge in [-0.05, 0) is 37.6 Å². The molecule has 0 radical (unpaired) electrons. The van der Waals surface area contributed by atoms with E-state index >= 15 is 0 Å². The molecule has 0 spiro atoms. The fourth-order valence-corrected chi connectivity index (χ4v) is 6.26. The van der Waals surface area contributed by atoms with E-state index in [0.29, 0.717) is 34.2 Å². The van der Waals surface area contributed by atoms with Crippen LogP contribution in [0.1, 0.15) is 16.8 Å². The van der Waals surface area contributed by atoms with Crippen molar-refractivity contribution in [2.45, 2.75) is 25.2 Å². The number of nitrogens with zero attached hydrogens (tertiary/aromatic N) is 3. The number of benzene rings is 2. The number of piperazine rings is 1. The molecule has 4 rings (SSSR count). The van der Waals surface area contributed by atoms with Crippen LogP contribution in [0.15, 0.2) is 52.7 Å². The minimum Gasteiger partial charge on any atom is -0.340 e. The summed E-state index contributed by atoms with van der Waals surface area (Å²) in [7, 11) is -3.59. The van der Waals surface area contributed by atoms with Gasteiger partial charge in [-0.1, -0.05) is 29.8 Å². The molecule has 1 fully saturated rings. The van der Waals surface area contributed by atoms with Crippen LogP contribution in [0.3, 0.4) is 0 Å². The number of carbonyl (C=O) groups excluding carboxylic acids is 1. The predicted molar refractivity (Wildman–Crippen MR) is 122 cm³/mol. The fourth-order valence-electron chi connectivity index (χ4n) is 3.81. The first-order valence-electron chi connectivity index (χ1n) is 10.3. The smallest absolute Gasteiger partial charge is 0.243 e. The summed E-state index contributed by atoms with van der Waals surface area (Å²) in [6.07, 6.45) is 0.135. The molecule has 0 unspecified atom stereocenters. The standard InChI is InChI=1S/C23H24FN3O3S2/c1-16-6-7-21(17(2)12-16)32(29,30)27-10-8-26(9-11-27)22(28)14-20-15-31-23(25-20)18-4-3-5-19(24)13-18/h3-7,12-13,15H,8-11,14H2,1-2H3. The zero-order valence-electron chi connectivity index (χ0n) is 17.9. The van der Waals surface area contributed by atoms with E-state index in [-0.39, 0.29) is 31.2 Å². The van der Waals surface area contributed by atoms with Gasteiger partial charge in [0.25, 0.3) is 0 Å². The zero-order valence-corrected chi connectivity index (χ0v) is 19.5. The Balaban J connectivity index is 1.38. The molecule has 168 valence electrons. The third kappa shape index (κ3) is 4.74. The fraction of sp³-hybridized carbons (Fsp3) is 0.304. The first kappa shape index (κ1) is 22.6. The summed E-state index contributed by atoms with van der Waals surface area (Å²) in [6.45, 7) is 4.91. The Morgan fingerprint density at radius 2 is 1.84 bits per heavy atom. The van der Waals surface area contributed by atoms with E-state index in [4.69, 9.17) is 0 Å². The Hall–Kier alpha value is -2.62. The molecule has 0 aliphatic carbocycles. The van der Waals surface area contributed by atoms with Crippen molar-refractivity contribution in [3.8, 4) is 10.6 Å². The number of halogens is 1. The van der Waals surface area contributed by atoms with Crippen LogP contribution in [0.4, 0.5) is 4.39 Å². The molecule has 32 heavy (non-hydrogen) atoms. The molecule has 1 aliphatic rings. The van der Waals surface area contributed by atoms with Gasteiger partial charge in [-0.25, -0.2) is 17.8 Å². The minimum absolute atomic E-state index is 0.0929. The maximum Gasteiger partial charge on any atom is 0.243 e. The number of aromatic nitrogens is 1. The number of sulfonamides is 1. The molecule has 0 bridgehead atoms. The maximum atomic E-state index is 13.4. The van der Waals surface area contributed by atoms with Gasteiger partial charge in [0.2, 0.25) is 15.9 Å². The molecule has 0 saturated carbocycles. The van der Waals surface area contributed by atoms with Crippen LogP contribution in [0, 0.1) is 19.7 Å². The number of carbonyl (C=O) groups is 1. The number of hydrogen-bond donors (Lipinski definition) is 0. The second-order valence-corrected chi connectivity index (χ2v) is 10.6. The van der Waals surface area contributed by atoms with Crippen molar-refractivity contribution in [3.63, 3.8) is 0 Å². The van der Waals surface area contributed by atoms with Crippen LogP contribution in [0.2, 0.25) is 0 Å². The van der Waals surface area contributed by atoms with E-state index < -0.39 is 10.0 Å². The Morgan fingerprint density at radius 1 is 1.09 bits per heavy atom. The summed E-state index contributed by atoms with van der Waals surface area (Å²) in [6, 6.07) is 11.5. The number of amides is 1. The highest BCUT2D eigenvalue weighted by atomic mass is 32.2. The number of aryl methyl sites for hydroxylation is 2. The van der Waals surface area contributed by atoms with Gasteiger partial charge in [0.1, 0.15) is 10.8 Å². The molecular weight excluding hydrogens is 449 g/mol. The molecule has 1 amide bonds. The minimum atomic E-state index is -3.59. The highest BCUT2D eigenvalue weighted by Crippen LogP contribution is 2.25. The molecule has 0 N–H and O–H groups in total. The lowest BCUT2D eigenvalue weighted by Crippen LogP contribution is -2.51. The first-order valence-corrected chi connectivity index (χ1v) is 12.6. The lowest BCUT2D eigenvalue weighted by molar-refractivity contribution is -0.131. The van der Waals surface area contributed by atoms with E-state index in [9.17, 15) is 17.6 Å². The SMILES string of the molecule is Cc1ccc(S(=O)(=O)N2CCN(C(=O)Cc3csc(-c4cccc(F)c4)n3)CC2)c(C)c1. The van der Waals surface area contributed by atoms with Crippen molar-refractivity contribution in [2.24, 2.45) is 0 Å². The molecular formula is C23H24FN3O3S2. The van der Waals surface area contributed by atoms with Crippen LogP contribution in [-0.4, -0.2) is 54.7 Å². The summed E-state index contributed by atoms with van der Waals surface area (Å²) in [5.41, 5.74) is 3.05. The lowest BCUT2D eigenvalue weighted by Gasteiger charge is -2.34. The Labute approximate surface area is 191 Å². The van der Waals surface area contributed by atoms with Gasteiger partial charge in [-0.2, -0.15) is 4.31 Å². The van der Waals surface area contributed by atoms with Crippen molar-refractivity contribution in [1.82, 2.24) is 14.2 Å². The van der Waals surface area contributed by atoms with Gasteiger partial charge in [0, 0.05) is 37.1 Å². The van der Waals surface area contributed by atoms with Gasteiger partial charge >= 0.3 is 0 Å². The van der Waals surface area contributed by atoms with Crippen LogP contribution in [-0.2, 0) is 21.2 Å². The third-order valence-corrected chi connectivity index (χ3v) is 8.49. The average Bonchev–Trinajstić information content (AvgIpc) is 3.22. The van der Waals surface area contributed by atoms with Crippen LogP contribution in [0.25, 0.3) is 10.6 Å². The quantitative estimate of drug-likeness (QED) is 0.567. The summed E-state index contributed by atoms with van der Waals surface area (Å²) in [5, 5.41) is 2.47. The highest BCUT2D eigenvalue weighted by Gasteiger charge is 2.31. The summed E-state index contributed by atoms with van der Waals surface area (Å²) in [4.78, 5) is 19.2. The van der Waals surface area contributed by atoms with Crippen LogP contribution < -0.4 is 0 Å². The lowest BCUT2D eigenvalue weighted by atomic mass is 10.2. The van der Waals surface area contributed by atoms with Crippen molar-refractivity contribution < 1.29 is 17.6 Å². The van der Waals surface area contributed by atoms with E-state index in [0.717, 1.165) is 11.1 Å². The summed E-state index contributed by atoms with van der Waals surface area (Å²) < 4.78 is 41.0. The molecule has 2 heterocycles. The molecule has 1 aliphatic heterocycles. The molecule has 2 aromatic carbocycles. The summed E-state index contributed by atoms with van der Waals surface area (Å²) >= 11 is 1.37. The van der Waals surface area contributed by atoms with Crippen molar-refractivity contribution >= 4 is 27.3 Å². The van der Waals surface area contributed by atoms with Gasteiger partial charge in [-0.3, -0.25) is 4.79 Å². The second-order valence-electron chi connectivity index (χ2n) is 7.88. The van der Waals surface area contributed by atoms with E-state index in [1.54, 1.807) is 41.5 Å². The third-order valence-electron chi connectivity index (χ3n) is 5.50. The summed E-state index contributed by atoms with van der Waals surface area (Å²) in [5.74, 6) is -0.423. The van der Waals surface area contributed by atoms with Gasteiger partial charge in [-0.15, -0.1) is 11.3 Å². The average molecular weight is 474 g/mol. The second kappa shape index (κ2) is 9.09. The van der Waals surface area contributed by atoms with Crippen molar-refractivity contribution in [1.29, 1.82) is 0 Å². The van der Waals surface area contributed by atoms with E-state index in [2.05, 4.69) is 4.98 Å². The predicted octanol–water partition coefficient (Wildman–Crippen LogP) is 3.64. The van der Waals surface area contributed by atoms with Crippen molar-refractivity contribution in [3.05, 3.63) is 70.5 Å². The first-order chi connectivity index (χ1) is 15.2. The van der Waals surface area contributed by atoms with Crippen LogP contribution >= 0.6 is 11.3 Å². The largest absolute Gasteiger partial charge is 0.340 e. The van der Waals surface area contributed by atoms with Crippen molar-refractivity contribution in [2.75, 3.05) is 26.2 Å². The molecule has 1 aromatic heterocycles. The molecule has 1 saturated heterocycles.